The monoisotopic (exact) mass is 436 g/mol. The summed E-state index contributed by atoms with van der Waals surface area (Å²) in [6, 6.07) is 8.57. The van der Waals surface area contributed by atoms with Gasteiger partial charge in [-0.2, -0.15) is 0 Å². The van der Waals surface area contributed by atoms with E-state index >= 15 is 0 Å². The Hall–Kier alpha value is -0.550. The average Bonchev–Trinajstić information content (AvgIpc) is 2.41. The number of halogens is 4. The Bertz CT molecular complexity index is 637. The minimum atomic E-state index is 0.275. The van der Waals surface area contributed by atoms with Gasteiger partial charge in [-0.15, -0.1) is 0 Å². The van der Waals surface area contributed by atoms with E-state index in [0.717, 1.165) is 11.8 Å². The van der Waals surface area contributed by atoms with Gasteiger partial charge in [-0.05, 0) is 62.2 Å². The van der Waals surface area contributed by atoms with Crippen LogP contribution >= 0.6 is 55.1 Å². The zero-order chi connectivity index (χ0) is 14.7. The number of carbonyl (C=O) groups excluding carboxylic acids is 1. The van der Waals surface area contributed by atoms with Crippen LogP contribution in [0, 0.1) is 0 Å². The summed E-state index contributed by atoms with van der Waals surface area (Å²) in [6.45, 7) is 0.275. The van der Waals surface area contributed by atoms with Crippen molar-refractivity contribution in [1.82, 2.24) is 0 Å². The average molecular weight is 439 g/mol. The molecule has 2 aromatic rings. The van der Waals surface area contributed by atoms with Crippen molar-refractivity contribution in [1.29, 1.82) is 0 Å². The molecule has 0 fully saturated rings. The lowest BCUT2D eigenvalue weighted by Crippen LogP contribution is -1.98. The van der Waals surface area contributed by atoms with Crippen LogP contribution in [0.1, 0.15) is 15.9 Å². The molecule has 0 heterocycles. The number of ether oxygens (including phenoxy) is 1. The molecule has 0 spiro atoms. The predicted octanol–water partition coefficient (Wildman–Crippen LogP) is 5.91. The first-order chi connectivity index (χ1) is 9.51. The highest BCUT2D eigenvalue weighted by Gasteiger charge is 2.10. The molecule has 0 aliphatic carbocycles. The maximum Gasteiger partial charge on any atom is 0.150 e. The van der Waals surface area contributed by atoms with Crippen LogP contribution < -0.4 is 4.74 Å². The van der Waals surface area contributed by atoms with Crippen molar-refractivity contribution in [3.63, 3.8) is 0 Å². The van der Waals surface area contributed by atoms with Crippen LogP contribution in [0.15, 0.2) is 39.3 Å². The van der Waals surface area contributed by atoms with E-state index in [0.29, 0.717) is 30.3 Å². The summed E-state index contributed by atoms with van der Waals surface area (Å²) in [7, 11) is 0. The van der Waals surface area contributed by atoms with E-state index in [2.05, 4.69) is 31.9 Å². The maximum atomic E-state index is 10.8. The van der Waals surface area contributed by atoms with Crippen molar-refractivity contribution < 1.29 is 9.53 Å². The quantitative estimate of drug-likeness (QED) is 0.555. The van der Waals surface area contributed by atoms with Crippen molar-refractivity contribution in [2.75, 3.05) is 0 Å². The summed E-state index contributed by atoms with van der Waals surface area (Å²) in [4.78, 5) is 10.8. The third-order valence-corrected chi connectivity index (χ3v) is 4.32. The normalized spacial score (nSPS) is 10.4. The van der Waals surface area contributed by atoms with Gasteiger partial charge in [0.25, 0.3) is 0 Å². The van der Waals surface area contributed by atoms with Crippen molar-refractivity contribution >= 4 is 61.3 Å². The van der Waals surface area contributed by atoms with Gasteiger partial charge in [0, 0.05) is 21.2 Å². The standard InChI is InChI=1S/C14H8Br2Cl2O2/c15-11-3-8(6-19)4-12(16)14(11)20-7-9-5-10(17)1-2-13(9)18/h1-6H,7H2. The van der Waals surface area contributed by atoms with Crippen LogP contribution in [-0.4, -0.2) is 6.29 Å². The SMILES string of the molecule is O=Cc1cc(Br)c(OCc2cc(Cl)ccc2Cl)c(Br)c1. The smallest absolute Gasteiger partial charge is 0.150 e. The molecule has 2 rings (SSSR count). The van der Waals surface area contributed by atoms with Gasteiger partial charge in [0.15, 0.2) is 0 Å². The van der Waals surface area contributed by atoms with E-state index in [1.54, 1.807) is 30.3 Å². The zero-order valence-electron chi connectivity index (χ0n) is 10.00. The molecule has 6 heteroatoms. The second-order valence-corrected chi connectivity index (χ2v) is 6.51. The Balaban J connectivity index is 2.23. The Morgan fingerprint density at radius 1 is 1.10 bits per heavy atom. The Morgan fingerprint density at radius 3 is 2.35 bits per heavy atom. The fourth-order valence-electron chi connectivity index (χ4n) is 1.59. The van der Waals surface area contributed by atoms with Crippen molar-refractivity contribution in [3.8, 4) is 5.75 Å². The highest BCUT2D eigenvalue weighted by molar-refractivity contribution is 9.11. The van der Waals surface area contributed by atoms with Gasteiger partial charge in [-0.25, -0.2) is 0 Å². The highest BCUT2D eigenvalue weighted by atomic mass is 79.9. The molecule has 0 saturated heterocycles. The van der Waals surface area contributed by atoms with Gasteiger partial charge < -0.3 is 4.74 Å². The van der Waals surface area contributed by atoms with E-state index < -0.39 is 0 Å². The lowest BCUT2D eigenvalue weighted by Gasteiger charge is -2.12. The van der Waals surface area contributed by atoms with Crippen LogP contribution in [0.3, 0.4) is 0 Å². The maximum absolute atomic E-state index is 10.8. The van der Waals surface area contributed by atoms with Crippen molar-refractivity contribution in [2.45, 2.75) is 6.61 Å². The predicted molar refractivity (Wildman–Crippen MR) is 88.0 cm³/mol. The molecular weight excluding hydrogens is 431 g/mol. The van der Waals surface area contributed by atoms with Crippen LogP contribution in [0.5, 0.6) is 5.75 Å². The highest BCUT2D eigenvalue weighted by Crippen LogP contribution is 2.35. The number of carbonyl (C=O) groups is 1. The minimum Gasteiger partial charge on any atom is -0.486 e. The first-order valence-corrected chi connectivity index (χ1v) is 7.86. The molecule has 2 nitrogen and oxygen atoms in total. The largest absolute Gasteiger partial charge is 0.486 e. The summed E-state index contributed by atoms with van der Waals surface area (Å²) < 4.78 is 7.11. The number of benzene rings is 2. The van der Waals surface area contributed by atoms with E-state index in [-0.39, 0.29) is 6.61 Å². The Labute approximate surface area is 143 Å². The fourth-order valence-corrected chi connectivity index (χ4v) is 3.41. The van der Waals surface area contributed by atoms with E-state index in [4.69, 9.17) is 27.9 Å². The number of hydrogen-bond donors (Lipinski definition) is 0. The molecule has 0 atom stereocenters. The molecule has 0 aliphatic heterocycles. The molecule has 0 unspecified atom stereocenters. The summed E-state index contributed by atoms with van der Waals surface area (Å²) in [5.74, 6) is 0.603. The lowest BCUT2D eigenvalue weighted by molar-refractivity contribution is 0.112. The first-order valence-electron chi connectivity index (χ1n) is 5.52. The summed E-state index contributed by atoms with van der Waals surface area (Å²) >= 11 is 18.8. The molecule has 2 aromatic carbocycles. The molecule has 0 radical (unpaired) electrons. The van der Waals surface area contributed by atoms with Crippen molar-refractivity contribution in [2.24, 2.45) is 0 Å². The number of hydrogen-bond acceptors (Lipinski definition) is 2. The van der Waals surface area contributed by atoms with Gasteiger partial charge >= 0.3 is 0 Å². The molecule has 0 bridgehead atoms. The van der Waals surface area contributed by atoms with Crippen LogP contribution in [0.2, 0.25) is 10.0 Å². The summed E-state index contributed by atoms with van der Waals surface area (Å²) in [5.41, 5.74) is 1.34. The van der Waals surface area contributed by atoms with Gasteiger partial charge in [0.05, 0.1) is 8.95 Å². The Morgan fingerprint density at radius 2 is 1.75 bits per heavy atom. The number of aldehydes is 1. The van der Waals surface area contributed by atoms with Gasteiger partial charge in [0.1, 0.15) is 18.6 Å². The molecule has 0 N–H and O–H groups in total. The van der Waals surface area contributed by atoms with Crippen molar-refractivity contribution in [3.05, 3.63) is 60.4 Å². The number of rotatable bonds is 4. The summed E-state index contributed by atoms with van der Waals surface area (Å²) in [5, 5.41) is 1.19. The molecule has 104 valence electrons. The van der Waals surface area contributed by atoms with E-state index in [1.807, 2.05) is 0 Å². The molecule has 0 aromatic heterocycles. The fraction of sp³-hybridized carbons (Fsp3) is 0.0714. The minimum absolute atomic E-state index is 0.275. The summed E-state index contributed by atoms with van der Waals surface area (Å²) in [6.07, 6.45) is 0.771. The van der Waals surface area contributed by atoms with E-state index in [9.17, 15) is 4.79 Å². The lowest BCUT2D eigenvalue weighted by atomic mass is 10.2. The Kier molecular flexibility index (Phi) is 5.49. The second-order valence-electron chi connectivity index (χ2n) is 3.96. The second kappa shape index (κ2) is 6.94. The topological polar surface area (TPSA) is 26.3 Å². The van der Waals surface area contributed by atoms with Crippen LogP contribution in [0.25, 0.3) is 0 Å². The molecular formula is C14H8Br2Cl2O2. The third-order valence-electron chi connectivity index (χ3n) is 2.54. The van der Waals surface area contributed by atoms with Gasteiger partial charge in [-0.3, -0.25) is 4.79 Å². The molecule has 0 saturated carbocycles. The molecule has 20 heavy (non-hydrogen) atoms. The molecule has 0 aliphatic rings. The van der Waals surface area contributed by atoms with E-state index in [1.165, 1.54) is 0 Å². The van der Waals surface area contributed by atoms with Gasteiger partial charge in [0.2, 0.25) is 0 Å². The van der Waals surface area contributed by atoms with Crippen LogP contribution in [0.4, 0.5) is 0 Å². The van der Waals surface area contributed by atoms with Crippen LogP contribution in [-0.2, 0) is 6.61 Å². The third kappa shape index (κ3) is 3.76. The first kappa shape index (κ1) is 15.8. The molecule has 0 amide bonds. The zero-order valence-corrected chi connectivity index (χ0v) is 14.7. The van der Waals surface area contributed by atoms with Gasteiger partial charge in [-0.1, -0.05) is 23.2 Å².